The van der Waals surface area contributed by atoms with Gasteiger partial charge in [-0.1, -0.05) is 12.2 Å². The smallest absolute Gasteiger partial charge is 0.125 e. The maximum absolute atomic E-state index is 10.2. The van der Waals surface area contributed by atoms with Gasteiger partial charge in [0.15, 0.2) is 0 Å². The summed E-state index contributed by atoms with van der Waals surface area (Å²) in [5.41, 5.74) is 2.85. The van der Waals surface area contributed by atoms with Crippen LogP contribution in [0.4, 0.5) is 0 Å². The number of fused-ring (bicyclic) bond motifs is 1. The standard InChI is InChI=1S/C14H16O3/c1-3-5-9-10(6-4-2)14(16)12-8-17-7-11(12)13(9)15/h3-4,15-16H,1-2,5-8H2. The van der Waals surface area contributed by atoms with Crippen LogP contribution in [0.5, 0.6) is 11.5 Å². The van der Waals surface area contributed by atoms with E-state index in [-0.39, 0.29) is 11.5 Å². The van der Waals surface area contributed by atoms with Crippen molar-refractivity contribution in [2.45, 2.75) is 26.1 Å². The number of hydrogen-bond donors (Lipinski definition) is 2. The van der Waals surface area contributed by atoms with Crippen LogP contribution in [0, 0.1) is 0 Å². The molecule has 0 fully saturated rings. The summed E-state index contributed by atoms with van der Waals surface area (Å²) in [5.74, 6) is 0.458. The van der Waals surface area contributed by atoms with Gasteiger partial charge < -0.3 is 14.9 Å². The molecule has 1 aromatic carbocycles. The molecule has 0 atom stereocenters. The summed E-state index contributed by atoms with van der Waals surface area (Å²) >= 11 is 0. The number of hydrogen-bond acceptors (Lipinski definition) is 3. The number of phenolic OH excluding ortho intramolecular Hbond substituents is 2. The monoisotopic (exact) mass is 232 g/mol. The highest BCUT2D eigenvalue weighted by atomic mass is 16.5. The van der Waals surface area contributed by atoms with Gasteiger partial charge in [-0.05, 0) is 12.8 Å². The van der Waals surface area contributed by atoms with E-state index in [4.69, 9.17) is 4.74 Å². The van der Waals surface area contributed by atoms with E-state index < -0.39 is 0 Å². The minimum absolute atomic E-state index is 0.229. The van der Waals surface area contributed by atoms with Crippen LogP contribution in [-0.4, -0.2) is 10.2 Å². The van der Waals surface area contributed by atoms with E-state index >= 15 is 0 Å². The minimum Gasteiger partial charge on any atom is -0.507 e. The van der Waals surface area contributed by atoms with E-state index in [1.807, 2.05) is 0 Å². The van der Waals surface area contributed by atoms with Gasteiger partial charge in [-0.25, -0.2) is 0 Å². The van der Waals surface area contributed by atoms with Crippen molar-refractivity contribution in [3.63, 3.8) is 0 Å². The molecule has 1 aliphatic heterocycles. The Bertz CT molecular complexity index is 432. The summed E-state index contributed by atoms with van der Waals surface area (Å²) in [6.45, 7) is 8.05. The average Bonchev–Trinajstić information content (AvgIpc) is 2.80. The van der Waals surface area contributed by atoms with Gasteiger partial charge in [-0.3, -0.25) is 0 Å². The Morgan fingerprint density at radius 1 is 0.941 bits per heavy atom. The highest BCUT2D eigenvalue weighted by Gasteiger charge is 2.25. The zero-order valence-corrected chi connectivity index (χ0v) is 9.70. The third kappa shape index (κ3) is 1.83. The van der Waals surface area contributed by atoms with E-state index in [0.29, 0.717) is 37.2 Å². The second-order valence-corrected chi connectivity index (χ2v) is 4.09. The van der Waals surface area contributed by atoms with E-state index in [9.17, 15) is 10.2 Å². The molecule has 2 N–H and O–H groups in total. The van der Waals surface area contributed by atoms with Crippen LogP contribution >= 0.6 is 0 Å². The van der Waals surface area contributed by atoms with Crippen molar-refractivity contribution in [1.29, 1.82) is 0 Å². The highest BCUT2D eigenvalue weighted by molar-refractivity contribution is 5.59. The lowest BCUT2D eigenvalue weighted by Gasteiger charge is -2.15. The number of ether oxygens (including phenoxy) is 1. The Morgan fingerprint density at radius 2 is 1.35 bits per heavy atom. The van der Waals surface area contributed by atoms with Gasteiger partial charge >= 0.3 is 0 Å². The van der Waals surface area contributed by atoms with Gasteiger partial charge in [0.2, 0.25) is 0 Å². The lowest BCUT2D eigenvalue weighted by molar-refractivity contribution is 0.132. The number of allylic oxidation sites excluding steroid dienone is 2. The molecule has 0 bridgehead atoms. The number of rotatable bonds is 4. The molecule has 0 radical (unpaired) electrons. The van der Waals surface area contributed by atoms with Crippen molar-refractivity contribution in [2.75, 3.05) is 0 Å². The van der Waals surface area contributed by atoms with Crippen molar-refractivity contribution in [1.82, 2.24) is 0 Å². The predicted molar refractivity (Wildman–Crippen MR) is 66.1 cm³/mol. The average molecular weight is 232 g/mol. The summed E-state index contributed by atoms with van der Waals surface area (Å²) in [4.78, 5) is 0. The van der Waals surface area contributed by atoms with Crippen LogP contribution < -0.4 is 0 Å². The van der Waals surface area contributed by atoms with Gasteiger partial charge in [-0.15, -0.1) is 13.2 Å². The first-order chi connectivity index (χ1) is 8.20. The Kier molecular flexibility index (Phi) is 3.20. The molecule has 0 saturated heterocycles. The second kappa shape index (κ2) is 4.63. The number of phenols is 2. The fourth-order valence-electron chi connectivity index (χ4n) is 2.23. The molecule has 3 heteroatoms. The molecule has 0 saturated carbocycles. The Hall–Kier alpha value is -1.74. The molecular weight excluding hydrogens is 216 g/mol. The van der Waals surface area contributed by atoms with Crippen molar-refractivity contribution in [3.8, 4) is 11.5 Å². The Labute approximate surface area is 101 Å². The molecule has 1 aliphatic rings. The van der Waals surface area contributed by atoms with E-state index in [1.54, 1.807) is 12.2 Å². The van der Waals surface area contributed by atoms with Crippen molar-refractivity contribution in [2.24, 2.45) is 0 Å². The predicted octanol–water partition coefficient (Wildman–Crippen LogP) is 2.59. The molecule has 3 nitrogen and oxygen atoms in total. The fraction of sp³-hybridized carbons (Fsp3) is 0.286. The zero-order chi connectivity index (χ0) is 12.4. The van der Waals surface area contributed by atoms with Gasteiger partial charge in [-0.2, -0.15) is 0 Å². The van der Waals surface area contributed by atoms with Crippen LogP contribution in [0.2, 0.25) is 0 Å². The fourth-order valence-corrected chi connectivity index (χ4v) is 2.23. The van der Waals surface area contributed by atoms with Crippen LogP contribution in [0.1, 0.15) is 22.3 Å². The van der Waals surface area contributed by atoms with Gasteiger partial charge in [0.05, 0.1) is 13.2 Å². The third-order valence-electron chi connectivity index (χ3n) is 3.06. The molecule has 0 aromatic heterocycles. The topological polar surface area (TPSA) is 49.7 Å². The van der Waals surface area contributed by atoms with Crippen LogP contribution in [0.25, 0.3) is 0 Å². The molecule has 2 rings (SSSR count). The lowest BCUT2D eigenvalue weighted by atomic mass is 9.93. The summed E-state index contributed by atoms with van der Waals surface area (Å²) < 4.78 is 5.27. The summed E-state index contributed by atoms with van der Waals surface area (Å²) in [6, 6.07) is 0. The highest BCUT2D eigenvalue weighted by Crippen LogP contribution is 2.42. The minimum atomic E-state index is 0.229. The summed E-state index contributed by atoms with van der Waals surface area (Å²) in [7, 11) is 0. The first-order valence-corrected chi connectivity index (χ1v) is 5.57. The third-order valence-corrected chi connectivity index (χ3v) is 3.06. The molecule has 90 valence electrons. The Morgan fingerprint density at radius 3 is 1.71 bits per heavy atom. The number of aromatic hydroxyl groups is 2. The summed E-state index contributed by atoms with van der Waals surface area (Å²) in [6.07, 6.45) is 4.47. The van der Waals surface area contributed by atoms with Gasteiger partial charge in [0.1, 0.15) is 11.5 Å². The molecule has 17 heavy (non-hydrogen) atoms. The molecule has 0 unspecified atom stereocenters. The van der Waals surface area contributed by atoms with Gasteiger partial charge in [0, 0.05) is 22.3 Å². The quantitative estimate of drug-likeness (QED) is 0.619. The SMILES string of the molecule is C=CCc1c(O)c2c(c(O)c1CC=C)COC2. The van der Waals surface area contributed by atoms with Crippen molar-refractivity contribution < 1.29 is 14.9 Å². The first-order valence-electron chi connectivity index (χ1n) is 5.57. The maximum Gasteiger partial charge on any atom is 0.125 e. The van der Waals surface area contributed by atoms with Crippen LogP contribution in [0.3, 0.4) is 0 Å². The van der Waals surface area contributed by atoms with E-state index in [0.717, 1.165) is 11.1 Å². The molecule has 0 aliphatic carbocycles. The first kappa shape index (κ1) is 11.7. The van der Waals surface area contributed by atoms with E-state index in [2.05, 4.69) is 13.2 Å². The van der Waals surface area contributed by atoms with E-state index in [1.165, 1.54) is 0 Å². The lowest BCUT2D eigenvalue weighted by Crippen LogP contribution is -1.99. The summed E-state index contributed by atoms with van der Waals surface area (Å²) in [5, 5.41) is 20.4. The normalized spacial score (nSPS) is 13.4. The molecular formula is C14H16O3. The van der Waals surface area contributed by atoms with Crippen molar-refractivity contribution >= 4 is 0 Å². The Balaban J connectivity index is 2.66. The molecule has 0 amide bonds. The zero-order valence-electron chi connectivity index (χ0n) is 9.70. The number of benzene rings is 1. The maximum atomic E-state index is 10.2. The van der Waals surface area contributed by atoms with Crippen molar-refractivity contribution in [3.05, 3.63) is 47.6 Å². The largest absolute Gasteiger partial charge is 0.507 e. The van der Waals surface area contributed by atoms with Crippen LogP contribution in [-0.2, 0) is 30.8 Å². The van der Waals surface area contributed by atoms with Crippen LogP contribution in [0.15, 0.2) is 25.3 Å². The molecule has 1 heterocycles. The molecule has 1 aromatic rings. The molecule has 0 spiro atoms. The van der Waals surface area contributed by atoms with Gasteiger partial charge in [0.25, 0.3) is 0 Å². The second-order valence-electron chi connectivity index (χ2n) is 4.09.